The van der Waals surface area contributed by atoms with E-state index < -0.39 is 0 Å². The topological polar surface area (TPSA) is 74.2 Å². The van der Waals surface area contributed by atoms with Crippen LogP contribution in [0.4, 0.5) is 5.82 Å². The largest absolute Gasteiger partial charge is 0.504 e. The lowest BCUT2D eigenvalue weighted by Crippen LogP contribution is -2.28. The molecule has 1 aliphatic heterocycles. The molecule has 1 aliphatic rings. The van der Waals surface area contributed by atoms with Crippen LogP contribution in [0.3, 0.4) is 0 Å². The molecular weight excluding hydrogens is 206 g/mol. The van der Waals surface area contributed by atoms with E-state index in [0.29, 0.717) is 12.5 Å². The van der Waals surface area contributed by atoms with E-state index in [0.717, 1.165) is 6.54 Å². The van der Waals surface area contributed by atoms with Crippen LogP contribution in [0.25, 0.3) is 0 Å². The van der Waals surface area contributed by atoms with Crippen LogP contribution in [-0.4, -0.2) is 29.1 Å². The molecule has 2 rings (SSSR count). The van der Waals surface area contributed by atoms with Gasteiger partial charge in [0.05, 0.1) is 5.92 Å². The van der Waals surface area contributed by atoms with Crippen LogP contribution in [0, 0.1) is 11.8 Å². The molecule has 0 aliphatic carbocycles. The Morgan fingerprint density at radius 1 is 1.62 bits per heavy atom. The van der Waals surface area contributed by atoms with E-state index in [4.69, 9.17) is 0 Å². The Kier molecular flexibility index (Phi) is 3.05. The normalized spacial score (nSPS) is 24.3. The second-order valence-corrected chi connectivity index (χ2v) is 4.10. The summed E-state index contributed by atoms with van der Waals surface area (Å²) in [5.41, 5.74) is 0. The fraction of sp³-hybridized carbons (Fsp3) is 0.455. The Bertz CT molecular complexity index is 395. The molecule has 1 fully saturated rings. The lowest BCUT2D eigenvalue weighted by molar-refractivity contribution is -0.120. The van der Waals surface area contributed by atoms with Crippen molar-refractivity contribution in [3.63, 3.8) is 0 Å². The third kappa shape index (κ3) is 2.14. The lowest BCUT2D eigenvalue weighted by Gasteiger charge is -2.13. The minimum atomic E-state index is -0.0912. The molecule has 2 atom stereocenters. The molecular formula is C11H15N3O2. The summed E-state index contributed by atoms with van der Waals surface area (Å²) in [5, 5.41) is 15.3. The fourth-order valence-corrected chi connectivity index (χ4v) is 1.86. The number of pyridine rings is 1. The SMILES string of the molecule is C[C@@H]1CNC[C@H]1C(=O)Nc1ncccc1O. The van der Waals surface area contributed by atoms with E-state index in [1.807, 2.05) is 6.92 Å². The number of hydrogen-bond acceptors (Lipinski definition) is 4. The highest BCUT2D eigenvalue weighted by atomic mass is 16.3. The molecule has 3 N–H and O–H groups in total. The standard InChI is InChI=1S/C11H15N3O2/c1-7-5-12-6-8(7)11(16)14-10-9(15)3-2-4-13-10/h2-4,7-8,12,15H,5-6H2,1H3,(H,13,14,16)/t7-,8-/m1/s1. The third-order valence-corrected chi connectivity index (χ3v) is 2.88. The van der Waals surface area contributed by atoms with Gasteiger partial charge in [0, 0.05) is 12.7 Å². The van der Waals surface area contributed by atoms with E-state index in [1.54, 1.807) is 6.07 Å². The second kappa shape index (κ2) is 4.49. The van der Waals surface area contributed by atoms with E-state index in [2.05, 4.69) is 15.6 Å². The molecule has 0 radical (unpaired) electrons. The van der Waals surface area contributed by atoms with Crippen molar-refractivity contribution in [1.29, 1.82) is 0 Å². The number of amides is 1. The summed E-state index contributed by atoms with van der Waals surface area (Å²) in [4.78, 5) is 15.8. The van der Waals surface area contributed by atoms with Crippen molar-refractivity contribution < 1.29 is 9.90 Å². The van der Waals surface area contributed by atoms with Gasteiger partial charge in [0.25, 0.3) is 0 Å². The number of aromatic nitrogens is 1. The predicted octanol–water partition coefficient (Wildman–Crippen LogP) is 0.581. The van der Waals surface area contributed by atoms with Gasteiger partial charge in [-0.25, -0.2) is 4.98 Å². The molecule has 1 amide bonds. The average Bonchev–Trinajstić information content (AvgIpc) is 2.68. The van der Waals surface area contributed by atoms with Crippen molar-refractivity contribution in [2.45, 2.75) is 6.92 Å². The smallest absolute Gasteiger partial charge is 0.230 e. The molecule has 1 aromatic rings. The molecule has 0 unspecified atom stereocenters. The summed E-state index contributed by atoms with van der Waals surface area (Å²) in [6.45, 7) is 3.56. The number of carbonyl (C=O) groups excluding carboxylic acids is 1. The van der Waals surface area contributed by atoms with E-state index >= 15 is 0 Å². The molecule has 0 aromatic carbocycles. The summed E-state index contributed by atoms with van der Waals surface area (Å²) < 4.78 is 0. The molecule has 16 heavy (non-hydrogen) atoms. The molecule has 0 spiro atoms. The van der Waals surface area contributed by atoms with Gasteiger partial charge >= 0.3 is 0 Å². The molecule has 0 saturated carbocycles. The van der Waals surface area contributed by atoms with Crippen molar-refractivity contribution in [2.24, 2.45) is 11.8 Å². The maximum Gasteiger partial charge on any atom is 0.230 e. The van der Waals surface area contributed by atoms with Gasteiger partial charge < -0.3 is 15.7 Å². The second-order valence-electron chi connectivity index (χ2n) is 4.10. The molecule has 1 aromatic heterocycles. The van der Waals surface area contributed by atoms with Gasteiger partial charge in [-0.3, -0.25) is 4.79 Å². The van der Waals surface area contributed by atoms with E-state index in [-0.39, 0.29) is 23.4 Å². The van der Waals surface area contributed by atoms with Crippen LogP contribution < -0.4 is 10.6 Å². The molecule has 5 heteroatoms. The van der Waals surface area contributed by atoms with Crippen LogP contribution in [0.1, 0.15) is 6.92 Å². The minimum Gasteiger partial charge on any atom is -0.504 e. The van der Waals surface area contributed by atoms with Gasteiger partial charge in [-0.15, -0.1) is 0 Å². The summed E-state index contributed by atoms with van der Waals surface area (Å²) >= 11 is 0. The van der Waals surface area contributed by atoms with Crippen LogP contribution in [0.2, 0.25) is 0 Å². The Morgan fingerprint density at radius 3 is 3.06 bits per heavy atom. The number of nitrogens with zero attached hydrogens (tertiary/aromatic N) is 1. The highest BCUT2D eigenvalue weighted by Gasteiger charge is 2.29. The third-order valence-electron chi connectivity index (χ3n) is 2.88. The Morgan fingerprint density at radius 2 is 2.44 bits per heavy atom. The van der Waals surface area contributed by atoms with Crippen LogP contribution >= 0.6 is 0 Å². The van der Waals surface area contributed by atoms with Crippen LogP contribution in [0.5, 0.6) is 5.75 Å². The maximum absolute atomic E-state index is 11.9. The first kappa shape index (κ1) is 10.9. The summed E-state index contributed by atoms with van der Waals surface area (Å²) in [5.74, 6) is 0.389. The molecule has 86 valence electrons. The van der Waals surface area contributed by atoms with Gasteiger partial charge in [-0.05, 0) is 24.6 Å². The minimum absolute atomic E-state index is 0.00513. The number of nitrogens with one attached hydrogen (secondary N) is 2. The van der Waals surface area contributed by atoms with Gasteiger partial charge in [0.2, 0.25) is 5.91 Å². The van der Waals surface area contributed by atoms with Crippen molar-refractivity contribution in [3.05, 3.63) is 18.3 Å². The molecule has 1 saturated heterocycles. The zero-order valence-electron chi connectivity index (χ0n) is 9.10. The zero-order valence-corrected chi connectivity index (χ0v) is 9.10. The number of hydrogen-bond donors (Lipinski definition) is 3. The molecule has 0 bridgehead atoms. The monoisotopic (exact) mass is 221 g/mol. The first-order chi connectivity index (χ1) is 7.68. The first-order valence-corrected chi connectivity index (χ1v) is 5.34. The van der Waals surface area contributed by atoms with Crippen molar-refractivity contribution in [1.82, 2.24) is 10.3 Å². The van der Waals surface area contributed by atoms with Gasteiger partial charge in [0.1, 0.15) is 0 Å². The van der Waals surface area contributed by atoms with Crippen LogP contribution in [-0.2, 0) is 4.79 Å². The summed E-state index contributed by atoms with van der Waals surface area (Å²) in [6.07, 6.45) is 1.53. The number of aromatic hydroxyl groups is 1. The van der Waals surface area contributed by atoms with Crippen LogP contribution in [0.15, 0.2) is 18.3 Å². The van der Waals surface area contributed by atoms with Crippen molar-refractivity contribution in [3.8, 4) is 5.75 Å². The van der Waals surface area contributed by atoms with Crippen molar-refractivity contribution in [2.75, 3.05) is 18.4 Å². The zero-order chi connectivity index (χ0) is 11.5. The quantitative estimate of drug-likeness (QED) is 0.683. The van der Waals surface area contributed by atoms with Gasteiger partial charge in [0.15, 0.2) is 11.6 Å². The molecule has 2 heterocycles. The van der Waals surface area contributed by atoms with E-state index in [9.17, 15) is 9.90 Å². The predicted molar refractivity (Wildman–Crippen MR) is 60.1 cm³/mol. The summed E-state index contributed by atoms with van der Waals surface area (Å²) in [6, 6.07) is 3.11. The number of anilines is 1. The fourth-order valence-electron chi connectivity index (χ4n) is 1.86. The van der Waals surface area contributed by atoms with Gasteiger partial charge in [-0.2, -0.15) is 0 Å². The number of carbonyl (C=O) groups is 1. The molecule has 5 nitrogen and oxygen atoms in total. The first-order valence-electron chi connectivity index (χ1n) is 5.34. The highest BCUT2D eigenvalue weighted by molar-refractivity contribution is 5.93. The Balaban J connectivity index is 2.05. The average molecular weight is 221 g/mol. The highest BCUT2D eigenvalue weighted by Crippen LogP contribution is 2.22. The lowest BCUT2D eigenvalue weighted by atomic mass is 9.97. The van der Waals surface area contributed by atoms with Crippen molar-refractivity contribution >= 4 is 11.7 Å². The Labute approximate surface area is 93.9 Å². The number of rotatable bonds is 2. The van der Waals surface area contributed by atoms with E-state index in [1.165, 1.54) is 12.3 Å². The Hall–Kier alpha value is -1.62. The van der Waals surface area contributed by atoms with Gasteiger partial charge in [-0.1, -0.05) is 6.92 Å². The maximum atomic E-state index is 11.9. The summed E-state index contributed by atoms with van der Waals surface area (Å²) in [7, 11) is 0.